The molecule has 0 aromatic rings. The van der Waals surface area contributed by atoms with E-state index in [1.165, 1.54) is 0 Å². The molecule has 1 aliphatic heterocycles. The Morgan fingerprint density at radius 3 is 1.50 bits per heavy atom. The zero-order valence-electron chi connectivity index (χ0n) is 8.37. The van der Waals surface area contributed by atoms with Gasteiger partial charge in [-0.15, -0.1) is 0 Å². The molecule has 0 unspecified atom stereocenters. The lowest BCUT2D eigenvalue weighted by molar-refractivity contribution is 0.388. The van der Waals surface area contributed by atoms with E-state index in [4.69, 9.17) is 12.2 Å². The third kappa shape index (κ3) is 1.71. The van der Waals surface area contributed by atoms with Gasteiger partial charge in [0.2, 0.25) is 0 Å². The van der Waals surface area contributed by atoms with Gasteiger partial charge in [-0.25, -0.2) is 0 Å². The van der Waals surface area contributed by atoms with Crippen LogP contribution in [0.1, 0.15) is 27.7 Å². The van der Waals surface area contributed by atoms with E-state index < -0.39 is 0 Å². The molecular weight excluding hydrogens is 168 g/mol. The SMILES string of the molecule is CC(C)N1CCN(C(C)C)C1=S. The van der Waals surface area contributed by atoms with Gasteiger partial charge in [0.25, 0.3) is 0 Å². The maximum Gasteiger partial charge on any atom is 0.172 e. The summed E-state index contributed by atoms with van der Waals surface area (Å²) in [5, 5.41) is 1.03. The predicted molar refractivity (Wildman–Crippen MR) is 56.3 cm³/mol. The minimum atomic E-state index is 0.543. The van der Waals surface area contributed by atoms with Crippen LogP contribution in [0.25, 0.3) is 0 Å². The molecule has 0 amide bonds. The summed E-state index contributed by atoms with van der Waals surface area (Å²) in [7, 11) is 0. The third-order valence-electron chi connectivity index (χ3n) is 2.32. The molecule has 0 aliphatic carbocycles. The Morgan fingerprint density at radius 2 is 1.33 bits per heavy atom. The molecule has 70 valence electrons. The molecule has 0 saturated carbocycles. The van der Waals surface area contributed by atoms with E-state index in [1.54, 1.807) is 0 Å². The first-order valence-corrected chi connectivity index (χ1v) is 5.02. The monoisotopic (exact) mass is 186 g/mol. The highest BCUT2D eigenvalue weighted by Crippen LogP contribution is 2.14. The molecule has 0 N–H and O–H groups in total. The molecule has 1 rings (SSSR count). The fourth-order valence-electron chi connectivity index (χ4n) is 1.53. The minimum absolute atomic E-state index is 0.543. The summed E-state index contributed by atoms with van der Waals surface area (Å²) in [5.41, 5.74) is 0. The summed E-state index contributed by atoms with van der Waals surface area (Å²) in [4.78, 5) is 4.57. The average molecular weight is 186 g/mol. The molecule has 12 heavy (non-hydrogen) atoms. The standard InChI is InChI=1S/C9H18N2S/c1-7(2)10-5-6-11(8(3)4)9(10)12/h7-8H,5-6H2,1-4H3. The molecular formula is C9H18N2S. The van der Waals surface area contributed by atoms with E-state index in [0.717, 1.165) is 18.2 Å². The zero-order chi connectivity index (χ0) is 9.30. The molecule has 0 atom stereocenters. The van der Waals surface area contributed by atoms with Crippen molar-refractivity contribution in [1.82, 2.24) is 9.80 Å². The quantitative estimate of drug-likeness (QED) is 0.606. The molecule has 0 radical (unpaired) electrons. The van der Waals surface area contributed by atoms with Crippen LogP contribution in [-0.4, -0.2) is 40.1 Å². The van der Waals surface area contributed by atoms with Gasteiger partial charge in [-0.1, -0.05) is 0 Å². The highest BCUT2D eigenvalue weighted by atomic mass is 32.1. The lowest BCUT2D eigenvalue weighted by Gasteiger charge is -2.27. The van der Waals surface area contributed by atoms with Crippen molar-refractivity contribution in [2.45, 2.75) is 39.8 Å². The Bertz CT molecular complexity index is 159. The maximum atomic E-state index is 5.37. The molecule has 0 bridgehead atoms. The van der Waals surface area contributed by atoms with Crippen molar-refractivity contribution in [3.8, 4) is 0 Å². The van der Waals surface area contributed by atoms with Crippen LogP contribution < -0.4 is 0 Å². The smallest absolute Gasteiger partial charge is 0.172 e. The number of hydrogen-bond acceptors (Lipinski definition) is 1. The largest absolute Gasteiger partial charge is 0.345 e. The van der Waals surface area contributed by atoms with Crippen molar-refractivity contribution >= 4 is 17.3 Å². The van der Waals surface area contributed by atoms with Gasteiger partial charge < -0.3 is 9.80 Å². The summed E-state index contributed by atoms with van der Waals surface area (Å²) in [6.45, 7) is 10.9. The van der Waals surface area contributed by atoms with Gasteiger partial charge in [-0.3, -0.25) is 0 Å². The first kappa shape index (κ1) is 9.78. The number of thiocarbonyl (C=S) groups is 1. The number of nitrogens with zero attached hydrogens (tertiary/aromatic N) is 2. The van der Waals surface area contributed by atoms with Crippen molar-refractivity contribution in [3.05, 3.63) is 0 Å². The second kappa shape index (κ2) is 3.60. The Labute approximate surface area is 80.5 Å². The molecule has 1 saturated heterocycles. The van der Waals surface area contributed by atoms with Crippen LogP contribution in [0.15, 0.2) is 0 Å². The summed E-state index contributed by atoms with van der Waals surface area (Å²) in [6.07, 6.45) is 0. The zero-order valence-corrected chi connectivity index (χ0v) is 9.19. The number of hydrogen-bond donors (Lipinski definition) is 0. The first-order chi connectivity index (χ1) is 5.54. The van der Waals surface area contributed by atoms with E-state index in [0.29, 0.717) is 12.1 Å². The van der Waals surface area contributed by atoms with Crippen LogP contribution in [0.4, 0.5) is 0 Å². The van der Waals surface area contributed by atoms with E-state index in [2.05, 4.69) is 37.5 Å². The van der Waals surface area contributed by atoms with Crippen molar-refractivity contribution in [2.24, 2.45) is 0 Å². The molecule has 0 aromatic heterocycles. The maximum absolute atomic E-state index is 5.37. The molecule has 0 aromatic carbocycles. The predicted octanol–water partition coefficient (Wildman–Crippen LogP) is 1.71. The Kier molecular flexibility index (Phi) is 2.94. The third-order valence-corrected chi connectivity index (χ3v) is 2.79. The summed E-state index contributed by atoms with van der Waals surface area (Å²) < 4.78 is 0. The van der Waals surface area contributed by atoms with E-state index in [9.17, 15) is 0 Å². The second-order valence-corrected chi connectivity index (χ2v) is 4.22. The van der Waals surface area contributed by atoms with Crippen molar-refractivity contribution in [1.29, 1.82) is 0 Å². The van der Waals surface area contributed by atoms with Crippen LogP contribution in [0.5, 0.6) is 0 Å². The Hall–Kier alpha value is -0.310. The van der Waals surface area contributed by atoms with Crippen LogP contribution in [0.2, 0.25) is 0 Å². The minimum Gasteiger partial charge on any atom is -0.345 e. The molecule has 0 spiro atoms. The summed E-state index contributed by atoms with van der Waals surface area (Å²) in [5.74, 6) is 0. The fraction of sp³-hybridized carbons (Fsp3) is 0.889. The Balaban J connectivity index is 2.61. The van der Waals surface area contributed by atoms with Gasteiger partial charge in [0.1, 0.15) is 0 Å². The molecule has 1 heterocycles. The van der Waals surface area contributed by atoms with E-state index >= 15 is 0 Å². The Morgan fingerprint density at radius 1 is 1.00 bits per heavy atom. The first-order valence-electron chi connectivity index (χ1n) is 4.61. The molecule has 3 heteroatoms. The summed E-state index contributed by atoms with van der Waals surface area (Å²) in [6, 6.07) is 1.09. The summed E-state index contributed by atoms with van der Waals surface area (Å²) >= 11 is 5.37. The van der Waals surface area contributed by atoms with Crippen LogP contribution in [-0.2, 0) is 0 Å². The second-order valence-electron chi connectivity index (χ2n) is 3.86. The number of rotatable bonds is 2. The molecule has 1 fully saturated rings. The van der Waals surface area contributed by atoms with Crippen LogP contribution in [0, 0.1) is 0 Å². The molecule has 1 aliphatic rings. The van der Waals surface area contributed by atoms with Gasteiger partial charge in [0, 0.05) is 25.2 Å². The normalized spacial score (nSPS) is 18.7. The van der Waals surface area contributed by atoms with E-state index in [-0.39, 0.29) is 0 Å². The topological polar surface area (TPSA) is 6.48 Å². The highest BCUT2D eigenvalue weighted by molar-refractivity contribution is 7.80. The highest BCUT2D eigenvalue weighted by Gasteiger charge is 2.27. The molecule has 2 nitrogen and oxygen atoms in total. The van der Waals surface area contributed by atoms with Gasteiger partial charge >= 0.3 is 0 Å². The van der Waals surface area contributed by atoms with E-state index in [1.807, 2.05) is 0 Å². The van der Waals surface area contributed by atoms with Gasteiger partial charge in [0.15, 0.2) is 5.11 Å². The van der Waals surface area contributed by atoms with Crippen LogP contribution >= 0.6 is 12.2 Å². The van der Waals surface area contributed by atoms with Gasteiger partial charge in [0.05, 0.1) is 0 Å². The van der Waals surface area contributed by atoms with Gasteiger partial charge in [-0.05, 0) is 39.9 Å². The van der Waals surface area contributed by atoms with Crippen LogP contribution in [0.3, 0.4) is 0 Å². The van der Waals surface area contributed by atoms with Gasteiger partial charge in [-0.2, -0.15) is 0 Å². The van der Waals surface area contributed by atoms with Crippen molar-refractivity contribution in [2.75, 3.05) is 13.1 Å². The average Bonchev–Trinajstić information content (AvgIpc) is 2.30. The lowest BCUT2D eigenvalue weighted by Crippen LogP contribution is -2.38. The fourth-order valence-corrected chi connectivity index (χ4v) is 2.13. The van der Waals surface area contributed by atoms with Crippen molar-refractivity contribution in [3.63, 3.8) is 0 Å². The lowest BCUT2D eigenvalue weighted by atomic mass is 10.3. The van der Waals surface area contributed by atoms with Crippen molar-refractivity contribution < 1.29 is 0 Å².